The van der Waals surface area contributed by atoms with Crippen molar-refractivity contribution in [3.63, 3.8) is 0 Å². The summed E-state index contributed by atoms with van der Waals surface area (Å²) in [4.78, 5) is 4.78. The molecule has 1 aliphatic carbocycles. The Hall–Kier alpha value is -0.0400. The Morgan fingerprint density at radius 1 is 1.09 bits per heavy atom. The van der Waals surface area contributed by atoms with E-state index in [4.69, 9.17) is 9.73 Å². The molecule has 1 fully saturated rings. The van der Waals surface area contributed by atoms with Crippen LogP contribution in [0.5, 0.6) is 0 Å². The van der Waals surface area contributed by atoms with Crippen LogP contribution in [0.3, 0.4) is 0 Å². The van der Waals surface area contributed by atoms with Crippen molar-refractivity contribution in [2.45, 2.75) is 65.7 Å². The first-order chi connectivity index (χ1) is 10.3. The number of hydrogen-bond acceptors (Lipinski definition) is 2. The molecule has 0 aromatic heterocycles. The van der Waals surface area contributed by atoms with E-state index in [9.17, 15) is 0 Å². The van der Waals surface area contributed by atoms with Crippen molar-refractivity contribution in [1.82, 2.24) is 10.6 Å². The zero-order valence-corrected chi connectivity index (χ0v) is 17.1. The van der Waals surface area contributed by atoms with E-state index < -0.39 is 0 Å². The van der Waals surface area contributed by atoms with E-state index in [1.165, 1.54) is 38.5 Å². The van der Waals surface area contributed by atoms with Gasteiger partial charge in [0.05, 0.1) is 0 Å². The zero-order chi connectivity index (χ0) is 15.4. The molecule has 0 amide bonds. The number of ether oxygens (including phenoxy) is 1. The van der Waals surface area contributed by atoms with Crippen LogP contribution in [-0.4, -0.2) is 38.8 Å². The van der Waals surface area contributed by atoms with Gasteiger partial charge in [-0.15, -0.1) is 24.0 Å². The molecule has 0 unspecified atom stereocenters. The molecule has 0 spiro atoms. The highest BCUT2D eigenvalue weighted by atomic mass is 127. The minimum absolute atomic E-state index is 0. The summed E-state index contributed by atoms with van der Waals surface area (Å²) in [6, 6.07) is 0. The molecule has 0 aromatic carbocycles. The van der Waals surface area contributed by atoms with Gasteiger partial charge in [0.1, 0.15) is 0 Å². The summed E-state index contributed by atoms with van der Waals surface area (Å²) < 4.78 is 5.49. The number of guanidine groups is 1. The Labute approximate surface area is 154 Å². The molecule has 132 valence electrons. The van der Waals surface area contributed by atoms with Crippen molar-refractivity contribution in [2.24, 2.45) is 10.4 Å². The first kappa shape index (κ1) is 22.0. The van der Waals surface area contributed by atoms with Crippen molar-refractivity contribution < 1.29 is 4.74 Å². The van der Waals surface area contributed by atoms with E-state index in [-0.39, 0.29) is 24.0 Å². The molecule has 0 aromatic rings. The fourth-order valence-corrected chi connectivity index (χ4v) is 2.44. The normalized spacial score (nSPS) is 16.0. The highest BCUT2D eigenvalue weighted by Gasteiger charge is 2.41. The Kier molecular flexibility index (Phi) is 13.4. The molecule has 4 nitrogen and oxygen atoms in total. The summed E-state index contributed by atoms with van der Waals surface area (Å²) in [6.45, 7) is 11.0. The van der Waals surface area contributed by atoms with Crippen LogP contribution in [0.25, 0.3) is 0 Å². The monoisotopic (exact) mass is 425 g/mol. The van der Waals surface area contributed by atoms with Crippen LogP contribution >= 0.6 is 24.0 Å². The van der Waals surface area contributed by atoms with E-state index in [1.807, 2.05) is 0 Å². The van der Waals surface area contributed by atoms with Crippen LogP contribution in [0.2, 0.25) is 0 Å². The standard InChI is InChI=1S/C17H35N3O.HI/c1-4-7-8-9-13-19-16(18-5-2)20-15-17(10-11-17)12-14-21-6-3;/h4-15H2,1-3H3,(H2,18,19,20);1H. The van der Waals surface area contributed by atoms with Crippen molar-refractivity contribution >= 4 is 29.9 Å². The lowest BCUT2D eigenvalue weighted by atomic mass is 10.0. The zero-order valence-electron chi connectivity index (χ0n) is 14.7. The molecule has 0 heterocycles. The van der Waals surface area contributed by atoms with E-state index in [0.717, 1.165) is 45.2 Å². The average molecular weight is 425 g/mol. The first-order valence-electron chi connectivity index (χ1n) is 8.86. The molecule has 1 aliphatic rings. The summed E-state index contributed by atoms with van der Waals surface area (Å²) in [7, 11) is 0. The quantitative estimate of drug-likeness (QED) is 0.216. The molecule has 0 saturated heterocycles. The Morgan fingerprint density at radius 3 is 2.45 bits per heavy atom. The summed E-state index contributed by atoms with van der Waals surface area (Å²) in [5.41, 5.74) is 0.430. The first-order valence-corrected chi connectivity index (χ1v) is 8.86. The maximum Gasteiger partial charge on any atom is 0.191 e. The van der Waals surface area contributed by atoms with Gasteiger partial charge in [-0.25, -0.2) is 0 Å². The van der Waals surface area contributed by atoms with Gasteiger partial charge in [0.2, 0.25) is 0 Å². The summed E-state index contributed by atoms with van der Waals surface area (Å²) in [5, 5.41) is 6.80. The largest absolute Gasteiger partial charge is 0.382 e. The number of hydrogen-bond donors (Lipinski definition) is 2. The van der Waals surface area contributed by atoms with Crippen LogP contribution in [0.1, 0.15) is 65.7 Å². The van der Waals surface area contributed by atoms with Crippen LogP contribution in [0.4, 0.5) is 0 Å². The molecule has 0 aliphatic heterocycles. The number of nitrogens with one attached hydrogen (secondary N) is 2. The van der Waals surface area contributed by atoms with E-state index in [2.05, 4.69) is 31.4 Å². The SMILES string of the molecule is CCCCCCNC(=NCC1(CCOCC)CC1)NCC.I. The summed E-state index contributed by atoms with van der Waals surface area (Å²) in [6.07, 6.45) is 8.92. The topological polar surface area (TPSA) is 45.7 Å². The molecule has 22 heavy (non-hydrogen) atoms. The lowest BCUT2D eigenvalue weighted by molar-refractivity contribution is 0.129. The number of unbranched alkanes of at least 4 members (excludes halogenated alkanes) is 3. The summed E-state index contributed by atoms with van der Waals surface area (Å²) in [5.74, 6) is 0.983. The molecule has 0 bridgehead atoms. The fraction of sp³-hybridized carbons (Fsp3) is 0.941. The highest BCUT2D eigenvalue weighted by molar-refractivity contribution is 14.0. The summed E-state index contributed by atoms with van der Waals surface area (Å²) >= 11 is 0. The van der Waals surface area contributed by atoms with Crippen molar-refractivity contribution in [1.29, 1.82) is 0 Å². The molecule has 1 rings (SSSR count). The van der Waals surface area contributed by atoms with Gasteiger partial charge >= 0.3 is 0 Å². The van der Waals surface area contributed by atoms with Crippen molar-refractivity contribution in [2.75, 3.05) is 32.8 Å². The Balaban J connectivity index is 0.00000441. The van der Waals surface area contributed by atoms with Gasteiger partial charge in [-0.1, -0.05) is 26.2 Å². The second-order valence-electron chi connectivity index (χ2n) is 6.13. The minimum Gasteiger partial charge on any atom is -0.382 e. The van der Waals surface area contributed by atoms with E-state index in [0.29, 0.717) is 5.41 Å². The van der Waals surface area contributed by atoms with Crippen molar-refractivity contribution in [3.8, 4) is 0 Å². The predicted octanol–water partition coefficient (Wildman–Crippen LogP) is 3.95. The van der Waals surface area contributed by atoms with Gasteiger partial charge in [0, 0.05) is 32.8 Å². The highest BCUT2D eigenvalue weighted by Crippen LogP contribution is 2.48. The third-order valence-corrected chi connectivity index (χ3v) is 4.18. The molecule has 1 saturated carbocycles. The van der Waals surface area contributed by atoms with Gasteiger partial charge in [-0.3, -0.25) is 4.99 Å². The second-order valence-corrected chi connectivity index (χ2v) is 6.13. The Morgan fingerprint density at radius 2 is 1.86 bits per heavy atom. The van der Waals surface area contributed by atoms with Gasteiger partial charge in [0.25, 0.3) is 0 Å². The van der Waals surface area contributed by atoms with Crippen LogP contribution in [-0.2, 0) is 4.74 Å². The number of rotatable bonds is 12. The average Bonchev–Trinajstić information content (AvgIpc) is 3.25. The van der Waals surface area contributed by atoms with Crippen LogP contribution in [0, 0.1) is 5.41 Å². The van der Waals surface area contributed by atoms with E-state index >= 15 is 0 Å². The van der Waals surface area contributed by atoms with Gasteiger partial charge < -0.3 is 15.4 Å². The molecular formula is C17H36IN3O. The van der Waals surface area contributed by atoms with Gasteiger partial charge in [-0.05, 0) is 44.9 Å². The minimum atomic E-state index is 0. The smallest absolute Gasteiger partial charge is 0.191 e. The van der Waals surface area contributed by atoms with Crippen LogP contribution in [0.15, 0.2) is 4.99 Å². The predicted molar refractivity (Wildman–Crippen MR) is 106 cm³/mol. The van der Waals surface area contributed by atoms with Gasteiger partial charge in [-0.2, -0.15) is 0 Å². The van der Waals surface area contributed by atoms with Crippen LogP contribution < -0.4 is 10.6 Å². The lowest BCUT2D eigenvalue weighted by Crippen LogP contribution is -2.38. The number of halogens is 1. The molecule has 2 N–H and O–H groups in total. The third-order valence-electron chi connectivity index (χ3n) is 4.18. The van der Waals surface area contributed by atoms with E-state index in [1.54, 1.807) is 0 Å². The third kappa shape index (κ3) is 9.87. The second kappa shape index (κ2) is 13.4. The molecule has 5 heteroatoms. The number of aliphatic imine (C=N–C) groups is 1. The molecule has 0 radical (unpaired) electrons. The lowest BCUT2D eigenvalue weighted by Gasteiger charge is -2.15. The maximum absolute atomic E-state index is 5.49. The van der Waals surface area contributed by atoms with Gasteiger partial charge in [0.15, 0.2) is 5.96 Å². The Bertz CT molecular complexity index is 294. The molecular weight excluding hydrogens is 389 g/mol. The number of nitrogens with zero attached hydrogens (tertiary/aromatic N) is 1. The fourth-order valence-electron chi connectivity index (χ4n) is 2.44. The maximum atomic E-state index is 5.49. The van der Waals surface area contributed by atoms with Crippen molar-refractivity contribution in [3.05, 3.63) is 0 Å². The molecule has 0 atom stereocenters.